The second kappa shape index (κ2) is 12.3. The van der Waals surface area contributed by atoms with E-state index in [1.54, 1.807) is 0 Å². The maximum Gasteiger partial charge on any atom is 1.00 e. The first-order valence-corrected chi connectivity index (χ1v) is 13.1. The maximum absolute atomic E-state index is 12.1. The summed E-state index contributed by atoms with van der Waals surface area (Å²) in [5.74, 6) is 0. The number of aromatic amines is 1. The summed E-state index contributed by atoms with van der Waals surface area (Å²) in [5.41, 5.74) is 3.43. The fourth-order valence-electron chi connectivity index (χ4n) is 2.57. The van der Waals surface area contributed by atoms with Gasteiger partial charge in [0.05, 0.1) is 12.2 Å². The van der Waals surface area contributed by atoms with Gasteiger partial charge < -0.3 is 40.3 Å². The summed E-state index contributed by atoms with van der Waals surface area (Å²) >= 11 is 0. The average molecular weight is 562 g/mol. The van der Waals surface area contributed by atoms with Crippen LogP contribution in [0.25, 0.3) is 6.08 Å². The van der Waals surface area contributed by atoms with Crippen molar-refractivity contribution in [3.8, 4) is 0 Å². The van der Waals surface area contributed by atoms with Gasteiger partial charge in [0.15, 0.2) is 6.23 Å². The largest absolute Gasteiger partial charge is 1.00 e. The molecule has 1 saturated heterocycles. The molecule has 188 valence electrons. The second-order valence-corrected chi connectivity index (χ2v) is 10.7. The molecule has 0 bridgehead atoms. The molecule has 0 saturated carbocycles. The van der Waals surface area contributed by atoms with Gasteiger partial charge in [-0.1, -0.05) is 12.2 Å². The van der Waals surface area contributed by atoms with E-state index in [9.17, 15) is 38.4 Å². The number of aliphatic hydroxyl groups excluding tert-OH is 2. The molecule has 1 fully saturated rings. The number of H-pyrrole nitrogens is 1. The zero-order chi connectivity index (χ0) is 25.2. The van der Waals surface area contributed by atoms with Crippen molar-refractivity contribution in [2.45, 2.75) is 24.5 Å². The number of hydrogen-bond acceptors (Lipinski definition) is 12. The van der Waals surface area contributed by atoms with Crippen molar-refractivity contribution in [3.05, 3.63) is 38.7 Å². The minimum absolute atomic E-state index is 0. The van der Waals surface area contributed by atoms with E-state index in [2.05, 4.69) is 13.1 Å². The van der Waals surface area contributed by atoms with Crippen molar-refractivity contribution in [1.29, 1.82) is 0 Å². The van der Waals surface area contributed by atoms with Gasteiger partial charge in [-0.3, -0.25) is 18.9 Å². The zero-order valence-electron chi connectivity index (χ0n) is 17.2. The third-order valence-electron chi connectivity index (χ3n) is 3.86. The minimum atomic E-state index is -5.76. The summed E-state index contributed by atoms with van der Waals surface area (Å²) in [7, 11) is -16.9. The fraction of sp³-hybridized carbons (Fsp3) is 0.500. The van der Waals surface area contributed by atoms with E-state index in [4.69, 9.17) is 25.2 Å². The standard InChI is InChI=1S/C12H20N3O15P3.Na/c13-3-1-2-6-4-15(12(19)14-10(6)18)11-9(17)8(16)7(28-11)5-27-32(23,24)30-33(25,26)29-31(20,21)22;/h1-2,4,7-9,11,16-17H,3,5,13H2,(H,23,24)(H,25,26)(H,14,18,19)(H2,20,21,22);/q;+1/b2-1+;/t7-,8-,9-,11-;/m1./s1. The van der Waals surface area contributed by atoms with Crippen LogP contribution in [0.1, 0.15) is 11.8 Å². The maximum atomic E-state index is 12.1. The Labute approximate surface area is 211 Å². The number of nitrogens with one attached hydrogen (secondary N) is 1. The average Bonchev–Trinajstić information content (AvgIpc) is 2.91. The topological polar surface area (TPSA) is 290 Å². The first-order chi connectivity index (χ1) is 15.1. The molecule has 2 heterocycles. The molecule has 0 aromatic carbocycles. The number of hydrogen-bond donors (Lipinski definition) is 8. The van der Waals surface area contributed by atoms with Crippen LogP contribution < -0.4 is 46.5 Å². The van der Waals surface area contributed by atoms with Gasteiger partial charge in [-0.05, 0) is 0 Å². The van der Waals surface area contributed by atoms with E-state index in [0.717, 1.165) is 10.8 Å². The van der Waals surface area contributed by atoms with Crippen LogP contribution in [-0.4, -0.2) is 70.8 Å². The van der Waals surface area contributed by atoms with Crippen LogP contribution in [0.2, 0.25) is 0 Å². The molecule has 1 aliphatic heterocycles. The van der Waals surface area contributed by atoms with Crippen LogP contribution in [0, 0.1) is 0 Å². The third kappa shape index (κ3) is 8.96. The van der Waals surface area contributed by atoms with Crippen molar-refractivity contribution >= 4 is 29.5 Å². The number of nitrogens with zero attached hydrogens (tertiary/aromatic N) is 1. The van der Waals surface area contributed by atoms with Gasteiger partial charge >= 0.3 is 58.7 Å². The number of phosphoric ester groups is 1. The number of rotatable bonds is 10. The first-order valence-electron chi connectivity index (χ1n) is 8.57. The smallest absolute Gasteiger partial charge is 0.387 e. The van der Waals surface area contributed by atoms with Gasteiger partial charge in [0.2, 0.25) is 0 Å². The first kappa shape index (κ1) is 31.7. The number of ether oxygens (including phenoxy) is 1. The monoisotopic (exact) mass is 562 g/mol. The molecule has 22 heteroatoms. The van der Waals surface area contributed by atoms with Crippen molar-refractivity contribution in [3.63, 3.8) is 0 Å². The van der Waals surface area contributed by atoms with Crippen molar-refractivity contribution in [2.24, 2.45) is 5.73 Å². The predicted octanol–water partition coefficient (Wildman–Crippen LogP) is -5.52. The van der Waals surface area contributed by atoms with Crippen LogP contribution >= 0.6 is 23.5 Å². The van der Waals surface area contributed by atoms with Gasteiger partial charge in [-0.15, -0.1) is 0 Å². The summed E-state index contributed by atoms with van der Waals surface area (Å²) in [6.07, 6.45) is -3.19. The summed E-state index contributed by atoms with van der Waals surface area (Å²) in [4.78, 5) is 61.4. The molecule has 34 heavy (non-hydrogen) atoms. The fourth-order valence-corrected chi connectivity index (χ4v) is 5.60. The van der Waals surface area contributed by atoms with Crippen LogP contribution in [-0.2, 0) is 31.6 Å². The Hall–Kier alpha value is -0.330. The summed E-state index contributed by atoms with van der Waals surface area (Å²) in [6, 6.07) is 0. The Balaban J connectivity index is 0.00000578. The normalized spacial score (nSPS) is 26.7. The molecule has 1 aromatic rings. The molecule has 0 amide bonds. The van der Waals surface area contributed by atoms with Crippen molar-refractivity contribution < 1.29 is 90.9 Å². The molecular weight excluding hydrogens is 542 g/mol. The van der Waals surface area contributed by atoms with E-state index in [1.165, 1.54) is 12.2 Å². The van der Waals surface area contributed by atoms with E-state index < -0.39 is 65.9 Å². The van der Waals surface area contributed by atoms with E-state index in [-0.39, 0.29) is 41.7 Å². The number of aliphatic hydroxyl groups is 2. The zero-order valence-corrected chi connectivity index (χ0v) is 21.9. The van der Waals surface area contributed by atoms with Crippen LogP contribution in [0.15, 0.2) is 21.9 Å². The molecule has 0 radical (unpaired) electrons. The third-order valence-corrected chi connectivity index (χ3v) is 7.66. The molecule has 18 nitrogen and oxygen atoms in total. The Morgan fingerprint density at radius 3 is 2.26 bits per heavy atom. The van der Waals surface area contributed by atoms with E-state index in [0.29, 0.717) is 0 Å². The molecule has 6 atom stereocenters. The molecule has 1 aromatic heterocycles. The van der Waals surface area contributed by atoms with Gasteiger partial charge in [0, 0.05) is 12.7 Å². The van der Waals surface area contributed by atoms with Gasteiger partial charge in [-0.2, -0.15) is 8.62 Å². The Morgan fingerprint density at radius 1 is 1.09 bits per heavy atom. The van der Waals surface area contributed by atoms with E-state index >= 15 is 0 Å². The molecule has 1 aliphatic rings. The summed E-state index contributed by atoms with van der Waals surface area (Å²) < 4.78 is 51.1. The molecule has 2 rings (SSSR count). The number of phosphoric acid groups is 3. The van der Waals surface area contributed by atoms with E-state index in [1.807, 2.05) is 4.98 Å². The second-order valence-electron chi connectivity index (χ2n) is 6.32. The van der Waals surface area contributed by atoms with Crippen molar-refractivity contribution in [2.75, 3.05) is 13.2 Å². The Kier molecular flexibility index (Phi) is 11.4. The van der Waals surface area contributed by atoms with Gasteiger partial charge in [0.25, 0.3) is 5.56 Å². The molecule has 9 N–H and O–H groups in total. The Bertz CT molecular complexity index is 1150. The summed E-state index contributed by atoms with van der Waals surface area (Å²) in [5, 5.41) is 20.3. The molecule has 0 spiro atoms. The Morgan fingerprint density at radius 2 is 1.71 bits per heavy atom. The summed E-state index contributed by atoms with van der Waals surface area (Å²) in [6.45, 7) is -1.00. The molecule has 0 aliphatic carbocycles. The quantitative estimate of drug-likeness (QED) is 0.0974. The van der Waals surface area contributed by atoms with Crippen LogP contribution in [0.4, 0.5) is 0 Å². The predicted molar refractivity (Wildman–Crippen MR) is 105 cm³/mol. The van der Waals surface area contributed by atoms with Gasteiger partial charge in [0.1, 0.15) is 18.3 Å². The molecular formula is C12H20N3NaO15P3+. The SMILES string of the molecule is NC/C=C/c1cn([C@@H]2O[C@H](COP(=O)(O)OP(=O)(O)OP(=O)(O)O)[C@@H](O)[C@H]2O)c(=O)[nH]c1=O.[Na+]. The minimum Gasteiger partial charge on any atom is -0.387 e. The van der Waals surface area contributed by atoms with Gasteiger partial charge in [-0.25, -0.2) is 18.5 Å². The van der Waals surface area contributed by atoms with Crippen molar-refractivity contribution in [1.82, 2.24) is 9.55 Å². The number of aromatic nitrogens is 2. The number of nitrogens with two attached hydrogens (primary N) is 1. The van der Waals surface area contributed by atoms with Crippen LogP contribution in [0.3, 0.4) is 0 Å². The molecule has 2 unspecified atom stereocenters. The van der Waals surface area contributed by atoms with Crippen LogP contribution in [0.5, 0.6) is 0 Å².